The molecule has 2 aromatic carbocycles. The first-order valence-electron chi connectivity index (χ1n) is 8.74. The van der Waals surface area contributed by atoms with Crippen molar-refractivity contribution >= 4 is 28.2 Å². The third-order valence-electron chi connectivity index (χ3n) is 4.35. The van der Waals surface area contributed by atoms with E-state index in [9.17, 15) is 9.59 Å². The van der Waals surface area contributed by atoms with Crippen LogP contribution in [-0.2, 0) is 4.74 Å². The van der Waals surface area contributed by atoms with E-state index in [1.165, 1.54) is 11.3 Å². The molecule has 0 spiro atoms. The minimum Gasteiger partial charge on any atom is -0.462 e. The van der Waals surface area contributed by atoms with Crippen LogP contribution in [0, 0.1) is 13.8 Å². The van der Waals surface area contributed by atoms with Gasteiger partial charge in [0.05, 0.1) is 6.61 Å². The molecule has 0 atom stereocenters. The van der Waals surface area contributed by atoms with Crippen LogP contribution in [0.3, 0.4) is 0 Å². The molecule has 3 aromatic rings. The van der Waals surface area contributed by atoms with E-state index in [2.05, 4.69) is 5.32 Å². The lowest BCUT2D eigenvalue weighted by atomic mass is 10.0. The molecular weight excluding hydrogens is 358 g/mol. The topological polar surface area (TPSA) is 55.4 Å². The molecule has 138 valence electrons. The Morgan fingerprint density at radius 2 is 1.78 bits per heavy atom. The van der Waals surface area contributed by atoms with Crippen molar-refractivity contribution in [2.24, 2.45) is 0 Å². The van der Waals surface area contributed by atoms with Gasteiger partial charge >= 0.3 is 5.97 Å². The van der Waals surface area contributed by atoms with Gasteiger partial charge in [-0.3, -0.25) is 4.79 Å². The number of amides is 1. The molecule has 1 aromatic heterocycles. The maximum atomic E-state index is 12.7. The number of benzene rings is 2. The summed E-state index contributed by atoms with van der Waals surface area (Å²) >= 11 is 1.32. The lowest BCUT2D eigenvalue weighted by Crippen LogP contribution is -2.15. The van der Waals surface area contributed by atoms with Gasteiger partial charge in [-0.1, -0.05) is 36.4 Å². The standard InChI is InChI=1S/C22H21NO3S/c1-4-26-22(25)19-18(16-8-6-5-7-9-16)13-27-21(19)23-20(24)17-11-10-14(2)15(3)12-17/h5-13H,4H2,1-3H3,(H,23,24). The number of hydrogen-bond donors (Lipinski definition) is 1. The van der Waals surface area contributed by atoms with Gasteiger partial charge in [0.2, 0.25) is 0 Å². The largest absolute Gasteiger partial charge is 0.462 e. The number of anilines is 1. The molecule has 4 nitrogen and oxygen atoms in total. The third-order valence-corrected chi connectivity index (χ3v) is 5.25. The van der Waals surface area contributed by atoms with Gasteiger partial charge in [0.15, 0.2) is 0 Å². The van der Waals surface area contributed by atoms with E-state index in [1.54, 1.807) is 13.0 Å². The molecule has 0 aliphatic heterocycles. The van der Waals surface area contributed by atoms with Crippen molar-refractivity contribution in [3.63, 3.8) is 0 Å². The minimum absolute atomic E-state index is 0.245. The Hall–Kier alpha value is -2.92. The second-order valence-electron chi connectivity index (χ2n) is 6.19. The summed E-state index contributed by atoms with van der Waals surface area (Å²) in [5, 5.41) is 5.25. The van der Waals surface area contributed by atoms with Gasteiger partial charge in [-0.05, 0) is 49.6 Å². The van der Waals surface area contributed by atoms with E-state index in [1.807, 2.05) is 61.7 Å². The van der Waals surface area contributed by atoms with Crippen LogP contribution in [0.2, 0.25) is 0 Å². The average Bonchev–Trinajstić information content (AvgIpc) is 3.08. The fraction of sp³-hybridized carbons (Fsp3) is 0.182. The van der Waals surface area contributed by atoms with Gasteiger partial charge in [0.1, 0.15) is 10.6 Å². The SMILES string of the molecule is CCOC(=O)c1c(-c2ccccc2)csc1NC(=O)c1ccc(C)c(C)c1. The van der Waals surface area contributed by atoms with Crippen LogP contribution in [-0.4, -0.2) is 18.5 Å². The fourth-order valence-corrected chi connectivity index (χ4v) is 3.70. The Labute approximate surface area is 162 Å². The van der Waals surface area contributed by atoms with Crippen molar-refractivity contribution in [3.8, 4) is 11.1 Å². The van der Waals surface area contributed by atoms with Gasteiger partial charge in [-0.2, -0.15) is 0 Å². The number of aryl methyl sites for hydroxylation is 2. The number of carbonyl (C=O) groups is 2. The average molecular weight is 379 g/mol. The molecule has 1 amide bonds. The highest BCUT2D eigenvalue weighted by atomic mass is 32.1. The summed E-state index contributed by atoms with van der Waals surface area (Å²) in [6.45, 7) is 6.00. The molecule has 1 heterocycles. The summed E-state index contributed by atoms with van der Waals surface area (Å²) < 4.78 is 5.23. The lowest BCUT2D eigenvalue weighted by molar-refractivity contribution is 0.0529. The number of esters is 1. The van der Waals surface area contributed by atoms with Crippen LogP contribution in [0.1, 0.15) is 38.8 Å². The van der Waals surface area contributed by atoms with Crippen LogP contribution < -0.4 is 5.32 Å². The van der Waals surface area contributed by atoms with Gasteiger partial charge in [-0.15, -0.1) is 11.3 Å². The number of ether oxygens (including phenoxy) is 1. The molecule has 0 radical (unpaired) electrons. The number of hydrogen-bond acceptors (Lipinski definition) is 4. The Balaban J connectivity index is 1.97. The molecule has 0 fully saturated rings. The zero-order valence-corrected chi connectivity index (χ0v) is 16.4. The molecule has 0 saturated heterocycles. The second kappa shape index (κ2) is 8.18. The van der Waals surface area contributed by atoms with E-state index in [-0.39, 0.29) is 12.5 Å². The molecule has 27 heavy (non-hydrogen) atoms. The first-order valence-corrected chi connectivity index (χ1v) is 9.62. The molecule has 3 rings (SSSR count). The zero-order chi connectivity index (χ0) is 19.4. The highest BCUT2D eigenvalue weighted by Gasteiger charge is 2.23. The molecule has 1 N–H and O–H groups in total. The number of nitrogens with one attached hydrogen (secondary N) is 1. The third kappa shape index (κ3) is 4.09. The van der Waals surface area contributed by atoms with E-state index in [0.717, 1.165) is 22.3 Å². The Kier molecular flexibility index (Phi) is 5.72. The van der Waals surface area contributed by atoms with Crippen molar-refractivity contribution in [1.29, 1.82) is 0 Å². The summed E-state index contributed by atoms with van der Waals surface area (Å²) in [7, 11) is 0. The molecule has 0 saturated carbocycles. The summed E-state index contributed by atoms with van der Waals surface area (Å²) in [5.41, 5.74) is 4.79. The van der Waals surface area contributed by atoms with Crippen molar-refractivity contribution in [1.82, 2.24) is 0 Å². The van der Waals surface area contributed by atoms with Crippen molar-refractivity contribution in [2.45, 2.75) is 20.8 Å². The normalized spacial score (nSPS) is 10.5. The van der Waals surface area contributed by atoms with Crippen LogP contribution in [0.15, 0.2) is 53.9 Å². The fourth-order valence-electron chi connectivity index (χ4n) is 2.74. The van der Waals surface area contributed by atoms with E-state index in [0.29, 0.717) is 16.1 Å². The Morgan fingerprint density at radius 3 is 2.44 bits per heavy atom. The Morgan fingerprint density at radius 1 is 1.04 bits per heavy atom. The van der Waals surface area contributed by atoms with Gasteiger partial charge in [0, 0.05) is 16.5 Å². The van der Waals surface area contributed by atoms with Crippen molar-refractivity contribution in [2.75, 3.05) is 11.9 Å². The zero-order valence-electron chi connectivity index (χ0n) is 15.5. The van der Waals surface area contributed by atoms with E-state index < -0.39 is 5.97 Å². The van der Waals surface area contributed by atoms with Crippen LogP contribution >= 0.6 is 11.3 Å². The summed E-state index contributed by atoms with van der Waals surface area (Å²) in [5.74, 6) is -0.682. The van der Waals surface area contributed by atoms with Gasteiger partial charge in [0.25, 0.3) is 5.91 Å². The number of carbonyl (C=O) groups excluding carboxylic acids is 2. The maximum Gasteiger partial charge on any atom is 0.341 e. The molecule has 0 unspecified atom stereocenters. The van der Waals surface area contributed by atoms with Crippen LogP contribution in [0.25, 0.3) is 11.1 Å². The monoisotopic (exact) mass is 379 g/mol. The van der Waals surface area contributed by atoms with Crippen molar-refractivity contribution in [3.05, 3.63) is 76.2 Å². The first-order chi connectivity index (χ1) is 13.0. The van der Waals surface area contributed by atoms with Crippen LogP contribution in [0.5, 0.6) is 0 Å². The lowest BCUT2D eigenvalue weighted by Gasteiger charge is -2.09. The molecule has 0 aliphatic carbocycles. The van der Waals surface area contributed by atoms with Gasteiger partial charge < -0.3 is 10.1 Å². The highest BCUT2D eigenvalue weighted by Crippen LogP contribution is 2.36. The summed E-state index contributed by atoms with van der Waals surface area (Å²) in [6.07, 6.45) is 0. The molecule has 0 aliphatic rings. The maximum absolute atomic E-state index is 12.7. The summed E-state index contributed by atoms with van der Waals surface area (Å²) in [4.78, 5) is 25.3. The smallest absolute Gasteiger partial charge is 0.341 e. The number of rotatable bonds is 5. The molecule has 0 bridgehead atoms. The predicted molar refractivity (Wildman–Crippen MR) is 110 cm³/mol. The minimum atomic E-state index is -0.437. The van der Waals surface area contributed by atoms with E-state index in [4.69, 9.17) is 4.74 Å². The van der Waals surface area contributed by atoms with Crippen molar-refractivity contribution < 1.29 is 14.3 Å². The first kappa shape index (κ1) is 18.9. The predicted octanol–water partition coefficient (Wildman–Crippen LogP) is 5.46. The van der Waals surface area contributed by atoms with E-state index >= 15 is 0 Å². The molecular formula is C22H21NO3S. The highest BCUT2D eigenvalue weighted by molar-refractivity contribution is 7.15. The number of thiophene rings is 1. The molecule has 5 heteroatoms. The quantitative estimate of drug-likeness (QED) is 0.599. The van der Waals surface area contributed by atoms with Gasteiger partial charge in [-0.25, -0.2) is 4.79 Å². The summed E-state index contributed by atoms with van der Waals surface area (Å²) in [6, 6.07) is 15.2. The Bertz CT molecular complexity index is 976. The second-order valence-corrected chi connectivity index (χ2v) is 7.07. The van der Waals surface area contributed by atoms with Crippen LogP contribution in [0.4, 0.5) is 5.00 Å².